The maximum absolute atomic E-state index is 13.3. The van der Waals surface area contributed by atoms with Crippen LogP contribution in [0.3, 0.4) is 0 Å². The molecule has 0 saturated heterocycles. The van der Waals surface area contributed by atoms with Crippen LogP contribution in [0.15, 0.2) is 36.4 Å². The van der Waals surface area contributed by atoms with Crippen LogP contribution in [0, 0.1) is 5.92 Å². The summed E-state index contributed by atoms with van der Waals surface area (Å²) in [4.78, 5) is 26.1. The fourth-order valence-corrected chi connectivity index (χ4v) is 4.68. The number of carbonyl (C=O) groups excluding carboxylic acids is 2. The van der Waals surface area contributed by atoms with Gasteiger partial charge in [-0.2, -0.15) is 0 Å². The van der Waals surface area contributed by atoms with Gasteiger partial charge in [0.2, 0.25) is 0 Å². The van der Waals surface area contributed by atoms with E-state index in [1.54, 1.807) is 36.4 Å². The molecule has 3 rings (SSSR count). The number of hydrogen-bond acceptors (Lipinski definition) is 5. The summed E-state index contributed by atoms with van der Waals surface area (Å²) >= 11 is 0. The van der Waals surface area contributed by atoms with Crippen LogP contribution >= 0.6 is 0 Å². The van der Waals surface area contributed by atoms with Gasteiger partial charge in [-0.1, -0.05) is 65.8 Å². The molecule has 3 unspecified atom stereocenters. The zero-order valence-corrected chi connectivity index (χ0v) is 20.7. The number of fused-ring (bicyclic) bond motifs is 1. The quantitative estimate of drug-likeness (QED) is 0.539. The Labute approximate surface area is 196 Å². The highest BCUT2D eigenvalue weighted by Crippen LogP contribution is 2.42. The van der Waals surface area contributed by atoms with Crippen LogP contribution in [-0.4, -0.2) is 32.5 Å². The molecule has 2 aromatic carbocycles. The minimum Gasteiger partial charge on any atom is -0.507 e. The number of aliphatic hydroxyl groups is 2. The molecule has 3 N–H and O–H groups in total. The Kier molecular flexibility index (Phi) is 6.37. The van der Waals surface area contributed by atoms with E-state index in [2.05, 4.69) is 0 Å². The van der Waals surface area contributed by atoms with E-state index < -0.39 is 17.6 Å². The Hall–Kier alpha value is -2.50. The number of phenols is 1. The van der Waals surface area contributed by atoms with E-state index in [4.69, 9.17) is 0 Å². The zero-order valence-electron chi connectivity index (χ0n) is 20.7. The summed E-state index contributed by atoms with van der Waals surface area (Å²) in [6.45, 7) is 13.4. The second-order valence-corrected chi connectivity index (χ2v) is 11.7. The van der Waals surface area contributed by atoms with Gasteiger partial charge in [0.25, 0.3) is 0 Å². The second kappa shape index (κ2) is 8.37. The number of rotatable bonds is 5. The number of benzene rings is 2. The van der Waals surface area contributed by atoms with Gasteiger partial charge in [-0.05, 0) is 41.9 Å². The molecule has 0 amide bonds. The van der Waals surface area contributed by atoms with E-state index in [1.165, 1.54) is 6.92 Å². The lowest BCUT2D eigenvalue weighted by Gasteiger charge is -2.29. The molecule has 3 atom stereocenters. The van der Waals surface area contributed by atoms with Gasteiger partial charge >= 0.3 is 0 Å². The Balaban J connectivity index is 1.88. The highest BCUT2D eigenvalue weighted by atomic mass is 16.3. The maximum atomic E-state index is 13.3. The SMILES string of the molecule is CC(O)(CC(=O)c1cc(C(C)(C)C)c(O)c(C(C)(C)C)c1)CC1C(=O)c2ccccc2C1O. The lowest BCUT2D eigenvalue weighted by Crippen LogP contribution is -2.33. The van der Waals surface area contributed by atoms with Crippen molar-refractivity contribution >= 4 is 11.6 Å². The van der Waals surface area contributed by atoms with E-state index in [-0.39, 0.29) is 41.0 Å². The molecule has 2 aromatic rings. The van der Waals surface area contributed by atoms with Crippen LogP contribution in [0.4, 0.5) is 0 Å². The molecule has 1 aliphatic rings. The van der Waals surface area contributed by atoms with Crippen molar-refractivity contribution in [1.29, 1.82) is 0 Å². The van der Waals surface area contributed by atoms with Crippen LogP contribution in [0.1, 0.15) is 105 Å². The van der Waals surface area contributed by atoms with Crippen LogP contribution < -0.4 is 0 Å². The lowest BCUT2D eigenvalue weighted by molar-refractivity contribution is 0.00445. The highest BCUT2D eigenvalue weighted by Gasteiger charge is 2.42. The summed E-state index contributed by atoms with van der Waals surface area (Å²) < 4.78 is 0. The number of phenolic OH excluding ortho intramolecular Hbond substituents is 1. The molecular weight excluding hydrogens is 416 g/mol. The van der Waals surface area contributed by atoms with E-state index in [1.807, 2.05) is 41.5 Å². The minimum absolute atomic E-state index is 0.0240. The number of aromatic hydroxyl groups is 1. The van der Waals surface area contributed by atoms with Gasteiger partial charge in [0.15, 0.2) is 11.6 Å². The van der Waals surface area contributed by atoms with Gasteiger partial charge in [-0.15, -0.1) is 0 Å². The smallest absolute Gasteiger partial charge is 0.169 e. The summed E-state index contributed by atoms with van der Waals surface area (Å²) in [7, 11) is 0. The minimum atomic E-state index is -1.48. The standard InChI is InChI=1S/C28H36O5/c1-26(2,3)20-12-16(13-21(25(20)32)27(4,5)6)22(29)15-28(7,33)14-19-23(30)17-10-8-9-11-18(17)24(19)31/h8-13,19,23,30,32-33H,14-15H2,1-7H3. The number of Topliss-reactive ketones (excluding diaryl/α,β-unsaturated/α-hetero) is 2. The Morgan fingerprint density at radius 3 is 1.94 bits per heavy atom. The molecule has 0 aliphatic heterocycles. The average molecular weight is 453 g/mol. The van der Waals surface area contributed by atoms with Crippen molar-refractivity contribution in [3.63, 3.8) is 0 Å². The van der Waals surface area contributed by atoms with Crippen molar-refractivity contribution in [2.24, 2.45) is 5.92 Å². The van der Waals surface area contributed by atoms with Crippen molar-refractivity contribution in [3.05, 3.63) is 64.2 Å². The summed E-state index contributed by atoms with van der Waals surface area (Å²) in [5.74, 6) is -1.08. The Morgan fingerprint density at radius 2 is 1.45 bits per heavy atom. The first-order valence-electron chi connectivity index (χ1n) is 11.5. The van der Waals surface area contributed by atoms with Crippen molar-refractivity contribution < 1.29 is 24.9 Å². The lowest BCUT2D eigenvalue weighted by atomic mass is 9.77. The first-order valence-corrected chi connectivity index (χ1v) is 11.5. The van der Waals surface area contributed by atoms with E-state index in [9.17, 15) is 24.9 Å². The van der Waals surface area contributed by atoms with Gasteiger partial charge in [0, 0.05) is 28.7 Å². The first kappa shape index (κ1) is 25.1. The third kappa shape index (κ3) is 5.04. The summed E-state index contributed by atoms with van der Waals surface area (Å²) in [6.07, 6.45) is -1.22. The molecule has 0 spiro atoms. The van der Waals surface area contributed by atoms with E-state index in [0.717, 1.165) is 0 Å². The predicted molar refractivity (Wildman–Crippen MR) is 129 cm³/mol. The Bertz CT molecular complexity index is 1050. The summed E-state index contributed by atoms with van der Waals surface area (Å²) in [5, 5.41) is 32.7. The largest absolute Gasteiger partial charge is 0.507 e. The number of carbonyl (C=O) groups is 2. The highest BCUT2D eigenvalue weighted by molar-refractivity contribution is 6.03. The van der Waals surface area contributed by atoms with Crippen LogP contribution in [0.5, 0.6) is 5.75 Å². The average Bonchev–Trinajstić information content (AvgIpc) is 2.90. The van der Waals surface area contributed by atoms with E-state index >= 15 is 0 Å². The van der Waals surface area contributed by atoms with Gasteiger partial charge in [0.1, 0.15) is 5.75 Å². The fraction of sp³-hybridized carbons (Fsp3) is 0.500. The number of aliphatic hydroxyl groups excluding tert-OH is 1. The molecule has 33 heavy (non-hydrogen) atoms. The van der Waals surface area contributed by atoms with Crippen LogP contribution in [0.2, 0.25) is 0 Å². The fourth-order valence-electron chi connectivity index (χ4n) is 4.68. The third-order valence-electron chi connectivity index (χ3n) is 6.51. The zero-order chi connectivity index (χ0) is 24.9. The molecular formula is C28H36O5. The number of ketones is 2. The van der Waals surface area contributed by atoms with Crippen LogP contribution in [-0.2, 0) is 10.8 Å². The third-order valence-corrected chi connectivity index (χ3v) is 6.51. The van der Waals surface area contributed by atoms with Crippen molar-refractivity contribution in [2.45, 2.75) is 83.8 Å². The predicted octanol–water partition coefficient (Wildman–Crippen LogP) is 5.25. The molecule has 0 saturated carbocycles. The van der Waals surface area contributed by atoms with Crippen molar-refractivity contribution in [1.82, 2.24) is 0 Å². The van der Waals surface area contributed by atoms with Gasteiger partial charge in [-0.25, -0.2) is 0 Å². The normalized spacial score (nSPS) is 20.5. The van der Waals surface area contributed by atoms with Gasteiger partial charge in [-0.3, -0.25) is 9.59 Å². The molecule has 5 heteroatoms. The molecule has 0 heterocycles. The molecule has 0 aromatic heterocycles. The second-order valence-electron chi connectivity index (χ2n) is 11.7. The maximum Gasteiger partial charge on any atom is 0.169 e. The molecule has 178 valence electrons. The topological polar surface area (TPSA) is 94.8 Å². The number of hydrogen-bond donors (Lipinski definition) is 3. The van der Waals surface area contributed by atoms with Crippen molar-refractivity contribution in [3.8, 4) is 5.75 Å². The van der Waals surface area contributed by atoms with Crippen molar-refractivity contribution in [2.75, 3.05) is 0 Å². The molecule has 0 radical (unpaired) electrons. The Morgan fingerprint density at radius 1 is 0.939 bits per heavy atom. The molecule has 0 bridgehead atoms. The summed E-state index contributed by atoms with van der Waals surface area (Å²) in [6, 6.07) is 10.3. The van der Waals surface area contributed by atoms with Gasteiger partial charge < -0.3 is 15.3 Å². The molecule has 5 nitrogen and oxygen atoms in total. The first-order chi connectivity index (χ1) is 15.0. The monoisotopic (exact) mass is 452 g/mol. The summed E-state index contributed by atoms with van der Waals surface area (Å²) in [5.41, 5.74) is 0.568. The van der Waals surface area contributed by atoms with Gasteiger partial charge in [0.05, 0.1) is 17.6 Å². The van der Waals surface area contributed by atoms with E-state index in [0.29, 0.717) is 27.8 Å². The molecule has 0 fully saturated rings. The van der Waals surface area contributed by atoms with Crippen LogP contribution in [0.25, 0.3) is 0 Å². The molecule has 1 aliphatic carbocycles.